The second kappa shape index (κ2) is 5.61. The van der Waals surface area contributed by atoms with E-state index in [1.54, 1.807) is 6.20 Å². The molecule has 0 N–H and O–H groups in total. The standard InChI is InChI=1S/C18H21N3O2/c19-9-13-1-2-16(20-10-13)14-3-5-21(6-4-14)17(22)15-7-18(8-15)11-23-12-18/h1-2,10,14-15H,3-8,11-12H2. The van der Waals surface area contributed by atoms with Crippen molar-refractivity contribution >= 4 is 5.91 Å². The Morgan fingerprint density at radius 3 is 2.57 bits per heavy atom. The number of rotatable bonds is 2. The number of aromatic nitrogens is 1. The smallest absolute Gasteiger partial charge is 0.225 e. The van der Waals surface area contributed by atoms with Crippen LogP contribution in [0.25, 0.3) is 0 Å². The lowest BCUT2D eigenvalue weighted by molar-refractivity contribution is -0.189. The van der Waals surface area contributed by atoms with Crippen LogP contribution in [0.1, 0.15) is 42.9 Å². The maximum absolute atomic E-state index is 12.6. The fourth-order valence-electron chi connectivity index (χ4n) is 4.15. The van der Waals surface area contributed by atoms with E-state index in [2.05, 4.69) is 11.1 Å². The van der Waals surface area contributed by atoms with Crippen molar-refractivity contribution in [3.05, 3.63) is 29.6 Å². The first-order valence-electron chi connectivity index (χ1n) is 8.42. The lowest BCUT2D eigenvalue weighted by Gasteiger charge is -2.53. The minimum Gasteiger partial charge on any atom is -0.380 e. The summed E-state index contributed by atoms with van der Waals surface area (Å²) < 4.78 is 5.28. The van der Waals surface area contributed by atoms with Crippen molar-refractivity contribution in [1.82, 2.24) is 9.88 Å². The Bertz CT molecular complexity index is 629. The number of hydrogen-bond donors (Lipinski definition) is 0. The Kier molecular flexibility index (Phi) is 3.57. The summed E-state index contributed by atoms with van der Waals surface area (Å²) in [4.78, 5) is 19.0. The van der Waals surface area contributed by atoms with Crippen LogP contribution in [-0.4, -0.2) is 42.1 Å². The van der Waals surface area contributed by atoms with Crippen molar-refractivity contribution < 1.29 is 9.53 Å². The molecule has 0 unspecified atom stereocenters. The molecule has 120 valence electrons. The van der Waals surface area contributed by atoms with Gasteiger partial charge in [-0.3, -0.25) is 9.78 Å². The van der Waals surface area contributed by atoms with Crippen molar-refractivity contribution in [2.24, 2.45) is 11.3 Å². The molecule has 3 aliphatic rings. The number of pyridine rings is 1. The number of hydrogen-bond acceptors (Lipinski definition) is 4. The lowest BCUT2D eigenvalue weighted by atomic mass is 9.60. The fourth-order valence-corrected chi connectivity index (χ4v) is 4.15. The number of carbonyl (C=O) groups excluding carboxylic acids is 1. The summed E-state index contributed by atoms with van der Waals surface area (Å²) in [5.41, 5.74) is 2.00. The van der Waals surface area contributed by atoms with Crippen LogP contribution in [0.2, 0.25) is 0 Å². The molecule has 1 saturated carbocycles. The summed E-state index contributed by atoms with van der Waals surface area (Å²) in [6.07, 6.45) is 5.60. The lowest BCUT2D eigenvalue weighted by Crippen LogP contribution is -2.56. The topological polar surface area (TPSA) is 66.2 Å². The molecule has 1 aliphatic carbocycles. The van der Waals surface area contributed by atoms with Crippen molar-refractivity contribution in [2.75, 3.05) is 26.3 Å². The highest BCUT2D eigenvalue weighted by molar-refractivity contribution is 5.80. The van der Waals surface area contributed by atoms with Crippen LogP contribution in [-0.2, 0) is 9.53 Å². The Morgan fingerprint density at radius 1 is 1.30 bits per heavy atom. The van der Waals surface area contributed by atoms with E-state index in [1.807, 2.05) is 17.0 Å². The zero-order chi connectivity index (χ0) is 15.9. The molecule has 1 aromatic heterocycles. The van der Waals surface area contributed by atoms with E-state index < -0.39 is 0 Å². The van der Waals surface area contributed by atoms with Crippen molar-refractivity contribution in [2.45, 2.75) is 31.6 Å². The van der Waals surface area contributed by atoms with Gasteiger partial charge in [-0.15, -0.1) is 0 Å². The highest BCUT2D eigenvalue weighted by Crippen LogP contribution is 2.51. The van der Waals surface area contributed by atoms with Gasteiger partial charge in [0.1, 0.15) is 6.07 Å². The quantitative estimate of drug-likeness (QED) is 0.839. The average Bonchev–Trinajstić information content (AvgIpc) is 2.52. The second-order valence-corrected chi connectivity index (χ2v) is 7.28. The number of carbonyl (C=O) groups is 1. The Balaban J connectivity index is 1.30. The molecule has 0 aromatic carbocycles. The van der Waals surface area contributed by atoms with Gasteiger partial charge in [0.05, 0.1) is 18.8 Å². The first-order chi connectivity index (χ1) is 11.2. The molecular formula is C18H21N3O2. The van der Waals surface area contributed by atoms with Gasteiger partial charge in [-0.2, -0.15) is 5.26 Å². The minimum atomic E-state index is 0.225. The summed E-state index contributed by atoms with van der Waals surface area (Å²) in [6.45, 7) is 3.35. The Hall–Kier alpha value is -1.93. The van der Waals surface area contributed by atoms with Gasteiger partial charge < -0.3 is 9.64 Å². The number of amides is 1. The van der Waals surface area contributed by atoms with Crippen molar-refractivity contribution in [3.8, 4) is 6.07 Å². The van der Waals surface area contributed by atoms with Gasteiger partial charge in [0.25, 0.3) is 0 Å². The molecule has 0 atom stereocenters. The molecule has 1 aromatic rings. The largest absolute Gasteiger partial charge is 0.380 e. The van der Waals surface area contributed by atoms with Crippen molar-refractivity contribution in [3.63, 3.8) is 0 Å². The van der Waals surface area contributed by atoms with E-state index in [0.717, 1.165) is 57.7 Å². The van der Waals surface area contributed by atoms with Crippen LogP contribution in [0.5, 0.6) is 0 Å². The number of piperidine rings is 1. The van der Waals surface area contributed by atoms with Gasteiger partial charge in [-0.1, -0.05) is 0 Å². The summed E-state index contributed by atoms with van der Waals surface area (Å²) >= 11 is 0. The molecule has 1 amide bonds. The first kappa shape index (κ1) is 14.6. The zero-order valence-corrected chi connectivity index (χ0v) is 13.2. The molecule has 2 aliphatic heterocycles. The summed E-state index contributed by atoms with van der Waals surface area (Å²) in [5, 5.41) is 8.83. The summed E-state index contributed by atoms with van der Waals surface area (Å²) in [5.74, 6) is 0.969. The third-order valence-electron chi connectivity index (χ3n) is 5.66. The van der Waals surface area contributed by atoms with E-state index in [4.69, 9.17) is 10.00 Å². The molecule has 2 saturated heterocycles. The van der Waals surface area contributed by atoms with E-state index in [-0.39, 0.29) is 5.92 Å². The predicted molar refractivity (Wildman–Crippen MR) is 83.5 cm³/mol. The molecule has 3 fully saturated rings. The van der Waals surface area contributed by atoms with E-state index in [0.29, 0.717) is 22.8 Å². The van der Waals surface area contributed by atoms with E-state index in [1.165, 1.54) is 0 Å². The number of likely N-dealkylation sites (tertiary alicyclic amines) is 1. The number of nitriles is 1. The molecule has 23 heavy (non-hydrogen) atoms. The van der Waals surface area contributed by atoms with Gasteiger partial charge in [0.15, 0.2) is 0 Å². The molecule has 5 heteroatoms. The van der Waals surface area contributed by atoms with Crippen LogP contribution < -0.4 is 0 Å². The van der Waals surface area contributed by atoms with E-state index in [9.17, 15) is 4.79 Å². The maximum atomic E-state index is 12.6. The third-order valence-corrected chi connectivity index (χ3v) is 5.66. The fraction of sp³-hybridized carbons (Fsp3) is 0.611. The van der Waals surface area contributed by atoms with Gasteiger partial charge in [-0.25, -0.2) is 0 Å². The maximum Gasteiger partial charge on any atom is 0.225 e. The SMILES string of the molecule is N#Cc1ccc(C2CCN(C(=O)C3CC4(COC4)C3)CC2)nc1. The van der Waals surface area contributed by atoms with Crippen LogP contribution in [0.3, 0.4) is 0 Å². The highest BCUT2D eigenvalue weighted by atomic mass is 16.5. The normalized spacial score (nSPS) is 23.9. The highest BCUT2D eigenvalue weighted by Gasteiger charge is 2.53. The van der Waals surface area contributed by atoms with Crippen LogP contribution in [0.15, 0.2) is 18.3 Å². The minimum absolute atomic E-state index is 0.225. The molecular weight excluding hydrogens is 290 g/mol. The number of ether oxygens (including phenoxy) is 1. The third kappa shape index (κ3) is 2.61. The predicted octanol–water partition coefficient (Wildman–Crippen LogP) is 2.09. The monoisotopic (exact) mass is 311 g/mol. The van der Waals surface area contributed by atoms with Gasteiger partial charge in [-0.05, 0) is 37.8 Å². The Morgan fingerprint density at radius 2 is 2.04 bits per heavy atom. The van der Waals surface area contributed by atoms with Gasteiger partial charge in [0.2, 0.25) is 5.91 Å². The Labute approximate surface area is 136 Å². The van der Waals surface area contributed by atoms with Crippen LogP contribution >= 0.6 is 0 Å². The second-order valence-electron chi connectivity index (χ2n) is 7.28. The molecule has 1 spiro atoms. The first-order valence-corrected chi connectivity index (χ1v) is 8.42. The summed E-state index contributed by atoms with van der Waals surface area (Å²) in [7, 11) is 0. The van der Waals surface area contributed by atoms with Crippen LogP contribution in [0.4, 0.5) is 0 Å². The van der Waals surface area contributed by atoms with Gasteiger partial charge in [0, 0.05) is 42.2 Å². The van der Waals surface area contributed by atoms with Crippen molar-refractivity contribution in [1.29, 1.82) is 5.26 Å². The molecule has 5 nitrogen and oxygen atoms in total. The van der Waals surface area contributed by atoms with Gasteiger partial charge >= 0.3 is 0 Å². The molecule has 4 rings (SSSR count). The number of nitrogens with zero attached hydrogens (tertiary/aromatic N) is 3. The zero-order valence-electron chi connectivity index (χ0n) is 13.2. The summed E-state index contributed by atoms with van der Waals surface area (Å²) in [6, 6.07) is 5.88. The van der Waals surface area contributed by atoms with E-state index >= 15 is 0 Å². The van der Waals surface area contributed by atoms with Crippen LogP contribution in [0, 0.1) is 22.7 Å². The molecule has 0 bridgehead atoms. The molecule has 3 heterocycles. The molecule has 0 radical (unpaired) electrons. The average molecular weight is 311 g/mol.